The number of anilines is 3. The summed E-state index contributed by atoms with van der Waals surface area (Å²) in [6.07, 6.45) is 0. The summed E-state index contributed by atoms with van der Waals surface area (Å²) >= 11 is 1.86. The van der Waals surface area contributed by atoms with Crippen molar-refractivity contribution in [1.82, 2.24) is 0 Å². The maximum absolute atomic E-state index is 6.49. The lowest BCUT2D eigenvalue weighted by Crippen LogP contribution is -2.28. The van der Waals surface area contributed by atoms with Crippen LogP contribution in [0.25, 0.3) is 64.4 Å². The molecule has 0 radical (unpaired) electrons. The van der Waals surface area contributed by atoms with Crippen molar-refractivity contribution in [3.63, 3.8) is 0 Å². The molecule has 0 atom stereocenters. The average Bonchev–Trinajstić information content (AvgIpc) is 3.96. The second-order valence-corrected chi connectivity index (χ2v) is 16.3. The SMILES string of the molecule is c1ccc(-c2ccc(N(c3ccc4c(c3)oc3ccccc34)c3cccc4sc5ccc(C6(c7ccccc7)c7ccccc7-c7ccccc76)cc5c34)cc2)cc1. The fraction of sp³-hybridized carbons (Fsp3) is 0.0182. The zero-order valence-corrected chi connectivity index (χ0v) is 32.3. The molecule has 9 aromatic carbocycles. The Morgan fingerprint density at radius 3 is 1.81 bits per heavy atom. The molecule has 0 N–H and O–H groups in total. The van der Waals surface area contributed by atoms with Crippen LogP contribution in [0.3, 0.4) is 0 Å². The Labute approximate surface area is 340 Å². The van der Waals surface area contributed by atoms with Crippen LogP contribution in [-0.2, 0) is 5.41 Å². The van der Waals surface area contributed by atoms with Crippen LogP contribution in [0, 0.1) is 0 Å². The standard InChI is InChI=1S/C55H35NOS/c1-3-14-36(15-4-1)37-26-29-40(30-27-37)56(41-31-32-45-44-20-9-12-24-50(44)57-51(45)35-41)49-23-13-25-53-54(49)46-34-39(28-33-52(46)58-53)55(38-16-5-2-6-17-38)47-21-10-7-18-42(47)43-19-8-11-22-48(43)55/h1-35H. The number of nitrogens with zero attached hydrogens (tertiary/aromatic N) is 1. The lowest BCUT2D eigenvalue weighted by molar-refractivity contribution is 0.669. The summed E-state index contributed by atoms with van der Waals surface area (Å²) in [5.74, 6) is 0. The monoisotopic (exact) mass is 757 g/mol. The van der Waals surface area contributed by atoms with Gasteiger partial charge in [0.25, 0.3) is 0 Å². The van der Waals surface area contributed by atoms with E-state index in [0.717, 1.165) is 39.0 Å². The average molecular weight is 758 g/mol. The predicted molar refractivity (Wildman–Crippen MR) is 244 cm³/mol. The van der Waals surface area contributed by atoms with Gasteiger partial charge in [0, 0.05) is 48.4 Å². The fourth-order valence-corrected chi connectivity index (χ4v) is 10.8. The van der Waals surface area contributed by atoms with Gasteiger partial charge < -0.3 is 9.32 Å². The van der Waals surface area contributed by atoms with Gasteiger partial charge in [0.15, 0.2) is 0 Å². The Hall–Kier alpha value is -7.20. The van der Waals surface area contributed by atoms with Gasteiger partial charge in [-0.05, 0) is 99.1 Å². The highest BCUT2D eigenvalue weighted by Gasteiger charge is 2.46. The summed E-state index contributed by atoms with van der Waals surface area (Å²) in [4.78, 5) is 2.41. The van der Waals surface area contributed by atoms with E-state index >= 15 is 0 Å². The molecule has 0 saturated carbocycles. The molecular weight excluding hydrogens is 723 g/mol. The topological polar surface area (TPSA) is 16.4 Å². The van der Waals surface area contributed by atoms with Crippen molar-refractivity contribution in [2.45, 2.75) is 5.41 Å². The lowest BCUT2D eigenvalue weighted by Gasteiger charge is -2.34. The summed E-state index contributed by atoms with van der Waals surface area (Å²) in [6.45, 7) is 0. The molecule has 11 aromatic rings. The van der Waals surface area contributed by atoms with Gasteiger partial charge in [0.1, 0.15) is 11.2 Å². The highest BCUT2D eigenvalue weighted by atomic mass is 32.1. The summed E-state index contributed by atoms with van der Waals surface area (Å²) < 4.78 is 9.01. The molecule has 272 valence electrons. The van der Waals surface area contributed by atoms with Crippen LogP contribution in [0.5, 0.6) is 0 Å². The van der Waals surface area contributed by atoms with E-state index in [0.29, 0.717) is 0 Å². The van der Waals surface area contributed by atoms with Gasteiger partial charge in [-0.1, -0.05) is 152 Å². The third-order valence-corrected chi connectivity index (χ3v) is 13.3. The molecule has 1 aliphatic carbocycles. The number of thiophene rings is 1. The van der Waals surface area contributed by atoms with E-state index in [1.807, 2.05) is 23.5 Å². The number of benzene rings is 9. The molecule has 0 unspecified atom stereocenters. The predicted octanol–water partition coefficient (Wildman–Crippen LogP) is 15.5. The molecule has 1 aliphatic rings. The highest BCUT2D eigenvalue weighted by molar-refractivity contribution is 7.26. The van der Waals surface area contributed by atoms with Crippen molar-refractivity contribution in [3.05, 3.63) is 235 Å². The van der Waals surface area contributed by atoms with Crippen LogP contribution in [0.4, 0.5) is 17.1 Å². The number of hydrogen-bond acceptors (Lipinski definition) is 3. The summed E-state index contributed by atoms with van der Waals surface area (Å²) in [7, 11) is 0. The summed E-state index contributed by atoms with van der Waals surface area (Å²) in [6, 6.07) is 77.5. The van der Waals surface area contributed by atoms with Crippen LogP contribution in [0.2, 0.25) is 0 Å². The lowest BCUT2D eigenvalue weighted by atomic mass is 9.67. The fourth-order valence-electron chi connectivity index (χ4n) is 9.65. The molecule has 3 heteroatoms. The molecule has 0 spiro atoms. The van der Waals surface area contributed by atoms with Gasteiger partial charge in [-0.25, -0.2) is 0 Å². The van der Waals surface area contributed by atoms with Crippen molar-refractivity contribution in [3.8, 4) is 22.3 Å². The van der Waals surface area contributed by atoms with Gasteiger partial charge in [-0.3, -0.25) is 0 Å². The normalized spacial score (nSPS) is 13.0. The second-order valence-electron chi connectivity index (χ2n) is 15.2. The molecule has 0 amide bonds. The molecule has 0 bridgehead atoms. The Kier molecular flexibility index (Phi) is 7.35. The number of hydrogen-bond donors (Lipinski definition) is 0. The third-order valence-electron chi connectivity index (χ3n) is 12.2. The van der Waals surface area contributed by atoms with Crippen molar-refractivity contribution < 1.29 is 4.42 Å². The number of furan rings is 1. The van der Waals surface area contributed by atoms with Crippen molar-refractivity contribution in [2.75, 3.05) is 4.90 Å². The van der Waals surface area contributed by atoms with Crippen LogP contribution in [0.1, 0.15) is 22.3 Å². The highest BCUT2D eigenvalue weighted by Crippen LogP contribution is 2.57. The Morgan fingerprint density at radius 2 is 1.03 bits per heavy atom. The molecule has 2 aromatic heterocycles. The maximum Gasteiger partial charge on any atom is 0.137 e. The van der Waals surface area contributed by atoms with Gasteiger partial charge in [0.2, 0.25) is 0 Å². The second kappa shape index (κ2) is 12.9. The molecule has 12 rings (SSSR count). The van der Waals surface area contributed by atoms with Crippen LogP contribution in [0.15, 0.2) is 217 Å². The zero-order chi connectivity index (χ0) is 38.2. The smallest absolute Gasteiger partial charge is 0.137 e. The minimum Gasteiger partial charge on any atom is -0.456 e. The maximum atomic E-state index is 6.49. The van der Waals surface area contributed by atoms with Gasteiger partial charge in [0.05, 0.1) is 11.1 Å². The molecule has 58 heavy (non-hydrogen) atoms. The van der Waals surface area contributed by atoms with E-state index in [2.05, 4.69) is 205 Å². The number of para-hydroxylation sites is 1. The molecule has 0 fully saturated rings. The van der Waals surface area contributed by atoms with Gasteiger partial charge in [-0.15, -0.1) is 11.3 Å². The van der Waals surface area contributed by atoms with Crippen LogP contribution >= 0.6 is 11.3 Å². The Balaban J connectivity index is 1.12. The van der Waals surface area contributed by atoms with E-state index in [1.165, 1.54) is 64.7 Å². The van der Waals surface area contributed by atoms with Crippen molar-refractivity contribution in [1.29, 1.82) is 0 Å². The first-order valence-electron chi connectivity index (χ1n) is 19.8. The zero-order valence-electron chi connectivity index (χ0n) is 31.5. The molecule has 2 heterocycles. The minimum atomic E-state index is -0.481. The first kappa shape index (κ1) is 33.0. The summed E-state index contributed by atoms with van der Waals surface area (Å²) in [5, 5.41) is 4.74. The van der Waals surface area contributed by atoms with E-state index in [4.69, 9.17) is 4.42 Å². The van der Waals surface area contributed by atoms with Gasteiger partial charge in [-0.2, -0.15) is 0 Å². The first-order chi connectivity index (χ1) is 28.8. The van der Waals surface area contributed by atoms with Crippen LogP contribution < -0.4 is 4.90 Å². The van der Waals surface area contributed by atoms with Crippen molar-refractivity contribution >= 4 is 70.5 Å². The van der Waals surface area contributed by atoms with Crippen LogP contribution in [-0.4, -0.2) is 0 Å². The minimum absolute atomic E-state index is 0.481. The summed E-state index contributed by atoms with van der Waals surface area (Å²) in [5.41, 5.74) is 14.7. The van der Waals surface area contributed by atoms with Gasteiger partial charge >= 0.3 is 0 Å². The molecular formula is C55H35NOS. The Bertz CT molecular complexity index is 3300. The largest absolute Gasteiger partial charge is 0.456 e. The van der Waals surface area contributed by atoms with E-state index in [1.54, 1.807) is 0 Å². The Morgan fingerprint density at radius 1 is 0.397 bits per heavy atom. The number of fused-ring (bicyclic) bond motifs is 9. The third kappa shape index (κ3) is 4.84. The molecule has 0 aliphatic heterocycles. The quantitative estimate of drug-likeness (QED) is 0.168. The molecule has 2 nitrogen and oxygen atoms in total. The first-order valence-corrected chi connectivity index (χ1v) is 20.6. The molecule has 0 saturated heterocycles. The van der Waals surface area contributed by atoms with E-state index in [9.17, 15) is 0 Å². The van der Waals surface area contributed by atoms with Crippen molar-refractivity contribution in [2.24, 2.45) is 0 Å². The van der Waals surface area contributed by atoms with E-state index in [-0.39, 0.29) is 0 Å². The van der Waals surface area contributed by atoms with E-state index < -0.39 is 5.41 Å². The number of rotatable bonds is 6.